The van der Waals surface area contributed by atoms with Crippen LogP contribution in [0.4, 0.5) is 17.6 Å². The lowest BCUT2D eigenvalue weighted by Crippen LogP contribution is -2.30. The van der Waals surface area contributed by atoms with Gasteiger partial charge in [-0.2, -0.15) is 13.2 Å². The zero-order valence-electron chi connectivity index (χ0n) is 10.6. The Labute approximate surface area is 113 Å². The number of carbonyl (C=O) groups is 1. The molecule has 0 saturated heterocycles. The van der Waals surface area contributed by atoms with Crippen LogP contribution in [-0.4, -0.2) is 35.7 Å². The lowest BCUT2D eigenvalue weighted by atomic mass is 10.1. The Morgan fingerprint density at radius 2 is 2.05 bits per heavy atom. The van der Waals surface area contributed by atoms with E-state index in [2.05, 4.69) is 0 Å². The van der Waals surface area contributed by atoms with Crippen LogP contribution in [0.25, 0.3) is 6.08 Å². The summed E-state index contributed by atoms with van der Waals surface area (Å²) in [5.41, 5.74) is 0.441. The van der Waals surface area contributed by atoms with Crippen molar-refractivity contribution in [1.82, 2.24) is 4.90 Å². The van der Waals surface area contributed by atoms with Crippen LogP contribution in [0, 0.1) is 5.82 Å². The Kier molecular flexibility index (Phi) is 5.26. The molecule has 1 aromatic rings. The normalized spacial score (nSPS) is 12.3. The van der Waals surface area contributed by atoms with Gasteiger partial charge in [-0.3, -0.25) is 4.90 Å². The molecule has 0 heterocycles. The fraction of sp³-hybridized carbons (Fsp3) is 0.308. The molecule has 1 aromatic carbocycles. The molecule has 0 saturated carbocycles. The number of hydrogen-bond acceptors (Lipinski definition) is 2. The number of hydrogen-bond donors (Lipinski definition) is 1. The number of alkyl halides is 3. The van der Waals surface area contributed by atoms with E-state index in [1.165, 1.54) is 25.3 Å². The second-order valence-electron chi connectivity index (χ2n) is 4.31. The average molecular weight is 291 g/mol. The Morgan fingerprint density at radius 3 is 2.55 bits per heavy atom. The Bertz CT molecular complexity index is 512. The summed E-state index contributed by atoms with van der Waals surface area (Å²) in [5, 5.41) is 8.43. The SMILES string of the molecule is CN(Cc1ccc(C=CC(=O)O)cc1F)CC(F)(F)F. The van der Waals surface area contributed by atoms with Gasteiger partial charge in [0, 0.05) is 18.2 Å². The maximum atomic E-state index is 13.7. The molecule has 0 unspecified atom stereocenters. The van der Waals surface area contributed by atoms with Crippen molar-refractivity contribution in [3.63, 3.8) is 0 Å². The van der Waals surface area contributed by atoms with Crippen molar-refractivity contribution in [2.75, 3.05) is 13.6 Å². The molecule has 0 radical (unpaired) electrons. The Hall–Kier alpha value is -1.89. The molecule has 0 spiro atoms. The van der Waals surface area contributed by atoms with Crippen LogP contribution in [0.5, 0.6) is 0 Å². The number of carboxylic acid groups (broad SMARTS) is 1. The highest BCUT2D eigenvalue weighted by molar-refractivity contribution is 5.85. The van der Waals surface area contributed by atoms with Gasteiger partial charge in [0.05, 0.1) is 6.54 Å². The van der Waals surface area contributed by atoms with E-state index in [-0.39, 0.29) is 12.1 Å². The Balaban J connectivity index is 2.76. The third-order valence-corrected chi connectivity index (χ3v) is 2.38. The quantitative estimate of drug-likeness (QED) is 0.670. The molecule has 0 aliphatic heterocycles. The molecule has 7 heteroatoms. The summed E-state index contributed by atoms with van der Waals surface area (Å²) in [5.74, 6) is -1.84. The first-order valence-corrected chi connectivity index (χ1v) is 5.62. The van der Waals surface area contributed by atoms with Gasteiger partial charge in [-0.05, 0) is 24.8 Å². The largest absolute Gasteiger partial charge is 0.478 e. The molecular weight excluding hydrogens is 278 g/mol. The van der Waals surface area contributed by atoms with Gasteiger partial charge in [-0.1, -0.05) is 12.1 Å². The lowest BCUT2D eigenvalue weighted by Gasteiger charge is -2.18. The van der Waals surface area contributed by atoms with Gasteiger partial charge < -0.3 is 5.11 Å². The minimum Gasteiger partial charge on any atom is -0.478 e. The van der Waals surface area contributed by atoms with Crippen molar-refractivity contribution in [2.45, 2.75) is 12.7 Å². The van der Waals surface area contributed by atoms with E-state index < -0.39 is 24.5 Å². The van der Waals surface area contributed by atoms with Crippen molar-refractivity contribution >= 4 is 12.0 Å². The van der Waals surface area contributed by atoms with Gasteiger partial charge in [-0.25, -0.2) is 9.18 Å². The molecule has 110 valence electrons. The number of nitrogens with zero attached hydrogens (tertiary/aromatic N) is 1. The number of halogens is 4. The molecule has 0 atom stereocenters. The number of benzene rings is 1. The summed E-state index contributed by atoms with van der Waals surface area (Å²) in [6.07, 6.45) is -2.28. The van der Waals surface area contributed by atoms with E-state index in [1.54, 1.807) is 0 Å². The van der Waals surface area contributed by atoms with Crippen LogP contribution in [0.2, 0.25) is 0 Å². The third kappa shape index (κ3) is 5.83. The van der Waals surface area contributed by atoms with E-state index >= 15 is 0 Å². The zero-order valence-corrected chi connectivity index (χ0v) is 10.6. The standard InChI is InChI=1S/C13H13F4NO2/c1-18(8-13(15,16)17)7-10-4-2-9(6-11(10)14)3-5-12(19)20/h2-6H,7-8H2,1H3,(H,19,20). The van der Waals surface area contributed by atoms with E-state index in [9.17, 15) is 22.4 Å². The first kappa shape index (κ1) is 16.2. The highest BCUT2D eigenvalue weighted by Gasteiger charge is 2.29. The molecule has 0 amide bonds. The fourth-order valence-electron chi connectivity index (χ4n) is 1.62. The van der Waals surface area contributed by atoms with E-state index in [1.807, 2.05) is 0 Å². The van der Waals surface area contributed by atoms with Gasteiger partial charge in [-0.15, -0.1) is 0 Å². The van der Waals surface area contributed by atoms with Crippen molar-refractivity contribution in [1.29, 1.82) is 0 Å². The minimum atomic E-state index is -4.34. The lowest BCUT2D eigenvalue weighted by molar-refractivity contribution is -0.144. The highest BCUT2D eigenvalue weighted by Crippen LogP contribution is 2.18. The van der Waals surface area contributed by atoms with Crippen LogP contribution in [0.15, 0.2) is 24.3 Å². The van der Waals surface area contributed by atoms with Crippen LogP contribution >= 0.6 is 0 Å². The van der Waals surface area contributed by atoms with Crippen LogP contribution in [0.3, 0.4) is 0 Å². The number of rotatable bonds is 5. The summed E-state index contributed by atoms with van der Waals surface area (Å²) in [7, 11) is 1.24. The third-order valence-electron chi connectivity index (χ3n) is 2.38. The fourth-order valence-corrected chi connectivity index (χ4v) is 1.62. The average Bonchev–Trinajstić information content (AvgIpc) is 2.27. The predicted molar refractivity (Wildman–Crippen MR) is 65.5 cm³/mol. The summed E-state index contributed by atoms with van der Waals surface area (Å²) < 4.78 is 50.1. The summed E-state index contributed by atoms with van der Waals surface area (Å²) in [6.45, 7) is -1.32. The van der Waals surface area contributed by atoms with Gasteiger partial charge >= 0.3 is 12.1 Å². The summed E-state index contributed by atoms with van der Waals surface area (Å²) >= 11 is 0. The van der Waals surface area contributed by atoms with Gasteiger partial charge in [0.1, 0.15) is 5.82 Å². The minimum absolute atomic E-state index is 0.115. The van der Waals surface area contributed by atoms with Gasteiger partial charge in [0.2, 0.25) is 0 Å². The van der Waals surface area contributed by atoms with E-state index in [0.717, 1.165) is 17.0 Å². The first-order chi connectivity index (χ1) is 9.17. The second kappa shape index (κ2) is 6.51. The van der Waals surface area contributed by atoms with Crippen LogP contribution in [0.1, 0.15) is 11.1 Å². The second-order valence-corrected chi connectivity index (χ2v) is 4.31. The molecule has 0 aromatic heterocycles. The van der Waals surface area contributed by atoms with Gasteiger partial charge in [0.15, 0.2) is 0 Å². The van der Waals surface area contributed by atoms with Crippen LogP contribution < -0.4 is 0 Å². The van der Waals surface area contributed by atoms with Crippen molar-refractivity contribution in [3.05, 3.63) is 41.2 Å². The topological polar surface area (TPSA) is 40.5 Å². The van der Waals surface area contributed by atoms with Crippen molar-refractivity contribution in [2.24, 2.45) is 0 Å². The Morgan fingerprint density at radius 1 is 1.40 bits per heavy atom. The number of aliphatic carboxylic acids is 1. The van der Waals surface area contributed by atoms with Crippen molar-refractivity contribution < 1.29 is 27.5 Å². The first-order valence-electron chi connectivity index (χ1n) is 5.62. The maximum Gasteiger partial charge on any atom is 0.401 e. The number of carboxylic acids is 1. The molecule has 0 aliphatic rings. The maximum absolute atomic E-state index is 13.7. The van der Waals surface area contributed by atoms with E-state index in [4.69, 9.17) is 5.11 Å². The monoisotopic (exact) mass is 291 g/mol. The summed E-state index contributed by atoms with van der Waals surface area (Å²) in [4.78, 5) is 11.3. The smallest absolute Gasteiger partial charge is 0.401 e. The molecular formula is C13H13F4NO2. The molecule has 0 fully saturated rings. The van der Waals surface area contributed by atoms with E-state index in [0.29, 0.717) is 5.56 Å². The predicted octanol–water partition coefficient (Wildman–Crippen LogP) is 2.92. The molecule has 3 nitrogen and oxygen atoms in total. The van der Waals surface area contributed by atoms with Gasteiger partial charge in [0.25, 0.3) is 0 Å². The van der Waals surface area contributed by atoms with Crippen molar-refractivity contribution in [3.8, 4) is 0 Å². The van der Waals surface area contributed by atoms with Crippen LogP contribution in [-0.2, 0) is 11.3 Å². The molecule has 1 N–H and O–H groups in total. The molecule has 1 rings (SSSR count). The summed E-state index contributed by atoms with van der Waals surface area (Å²) in [6, 6.07) is 3.86. The molecule has 0 aliphatic carbocycles. The molecule has 20 heavy (non-hydrogen) atoms. The zero-order chi connectivity index (χ0) is 15.3. The molecule has 0 bridgehead atoms. The highest BCUT2D eigenvalue weighted by atomic mass is 19.4.